The molecule has 1 aromatic heterocycles. The van der Waals surface area contributed by atoms with Gasteiger partial charge >= 0.3 is 0 Å². The van der Waals surface area contributed by atoms with Gasteiger partial charge in [0, 0.05) is 31.4 Å². The summed E-state index contributed by atoms with van der Waals surface area (Å²) < 4.78 is 45.4. The molecule has 2 aromatic carbocycles. The second-order valence-corrected chi connectivity index (χ2v) is 10.8. The summed E-state index contributed by atoms with van der Waals surface area (Å²) in [6, 6.07) is 7.01. The predicted octanol–water partition coefficient (Wildman–Crippen LogP) is 3.85. The first kappa shape index (κ1) is 23.4. The topological polar surface area (TPSA) is 90.3 Å². The van der Waals surface area contributed by atoms with Crippen LogP contribution in [0, 0.1) is 12.7 Å². The fourth-order valence-corrected chi connectivity index (χ4v) is 5.29. The highest BCUT2D eigenvalue weighted by Crippen LogP contribution is 2.31. The number of sulfone groups is 1. The summed E-state index contributed by atoms with van der Waals surface area (Å²) in [5.74, 6) is 0.0921. The van der Waals surface area contributed by atoms with Crippen molar-refractivity contribution in [3.63, 3.8) is 0 Å². The average Bonchev–Trinajstić information content (AvgIpc) is 2.77. The van der Waals surface area contributed by atoms with Gasteiger partial charge in [-0.1, -0.05) is 6.07 Å². The van der Waals surface area contributed by atoms with E-state index in [4.69, 9.17) is 9.72 Å². The number of fused-ring (bicyclic) bond motifs is 1. The number of benzene rings is 2. The Morgan fingerprint density at radius 1 is 1.27 bits per heavy atom. The molecule has 1 unspecified atom stereocenters. The Kier molecular flexibility index (Phi) is 6.28. The molecule has 1 N–H and O–H groups in total. The van der Waals surface area contributed by atoms with Crippen molar-refractivity contribution < 1.29 is 17.5 Å². The summed E-state index contributed by atoms with van der Waals surface area (Å²) >= 11 is 0. The summed E-state index contributed by atoms with van der Waals surface area (Å²) in [5.41, 5.74) is 2.40. The molecule has 176 valence electrons. The predicted molar refractivity (Wildman–Crippen MR) is 126 cm³/mol. The highest BCUT2D eigenvalue weighted by atomic mass is 32.2. The van der Waals surface area contributed by atoms with Crippen LogP contribution in [0.4, 0.5) is 10.1 Å². The van der Waals surface area contributed by atoms with Crippen LogP contribution in [0.25, 0.3) is 10.9 Å². The van der Waals surface area contributed by atoms with Crippen LogP contribution in [-0.4, -0.2) is 37.4 Å². The Morgan fingerprint density at radius 3 is 2.70 bits per heavy atom. The van der Waals surface area contributed by atoms with Gasteiger partial charge in [0.15, 0.2) is 9.84 Å². The number of hydrogen-bond donors (Lipinski definition) is 1. The van der Waals surface area contributed by atoms with Crippen LogP contribution >= 0.6 is 0 Å². The highest BCUT2D eigenvalue weighted by Gasteiger charge is 2.24. The number of anilines is 1. The van der Waals surface area contributed by atoms with Gasteiger partial charge in [0.05, 0.1) is 34.1 Å². The Labute approximate surface area is 192 Å². The smallest absolute Gasteiger partial charge is 0.261 e. The van der Waals surface area contributed by atoms with E-state index in [1.807, 2.05) is 26.0 Å². The van der Waals surface area contributed by atoms with Gasteiger partial charge in [0.25, 0.3) is 5.56 Å². The maximum Gasteiger partial charge on any atom is 0.261 e. The van der Waals surface area contributed by atoms with Crippen molar-refractivity contribution in [1.82, 2.24) is 9.55 Å². The van der Waals surface area contributed by atoms with Gasteiger partial charge in [-0.15, -0.1) is 0 Å². The van der Waals surface area contributed by atoms with E-state index in [-0.39, 0.29) is 16.4 Å². The Morgan fingerprint density at radius 2 is 2.03 bits per heavy atom. The number of aryl methyl sites for hydroxylation is 1. The fraction of sp³-hybridized carbons (Fsp3) is 0.417. The molecule has 1 fully saturated rings. The highest BCUT2D eigenvalue weighted by molar-refractivity contribution is 7.90. The third-order valence-corrected chi connectivity index (χ3v) is 7.23. The molecule has 7 nitrogen and oxygen atoms in total. The molecule has 0 amide bonds. The zero-order valence-electron chi connectivity index (χ0n) is 19.2. The lowest BCUT2D eigenvalue weighted by atomic mass is 9.98. The number of aromatic nitrogens is 2. The largest absolute Gasteiger partial charge is 0.381 e. The molecule has 1 aliphatic heterocycles. The second kappa shape index (κ2) is 8.87. The zero-order chi connectivity index (χ0) is 23.9. The van der Waals surface area contributed by atoms with Crippen LogP contribution in [-0.2, 0) is 21.6 Å². The first-order valence-electron chi connectivity index (χ1n) is 10.9. The standard InChI is InChI=1S/C24H28FN3O4S/c1-14-10-18(15(2)26-20-8-7-17(25)12-21(20)33(4,30)31)22-19(11-14)24(29)28(3)23(27-22)16-6-5-9-32-13-16/h7-8,10-12,15-16,26H,5-6,9,13H2,1-4H3/t15-,16?/m1/s1. The van der Waals surface area contributed by atoms with E-state index < -0.39 is 21.7 Å². The van der Waals surface area contributed by atoms with Gasteiger partial charge in [0.1, 0.15) is 11.6 Å². The van der Waals surface area contributed by atoms with E-state index in [0.29, 0.717) is 35.6 Å². The molecule has 0 saturated carbocycles. The molecule has 0 bridgehead atoms. The molecule has 2 atom stereocenters. The van der Waals surface area contributed by atoms with Crippen LogP contribution in [0.2, 0.25) is 0 Å². The summed E-state index contributed by atoms with van der Waals surface area (Å²) in [5, 5.41) is 3.70. The third-order valence-electron chi connectivity index (χ3n) is 6.10. The van der Waals surface area contributed by atoms with Crippen LogP contribution in [0.15, 0.2) is 40.0 Å². The Hall–Kier alpha value is -2.78. The molecule has 1 aliphatic rings. The van der Waals surface area contributed by atoms with E-state index in [0.717, 1.165) is 36.3 Å². The van der Waals surface area contributed by atoms with Gasteiger partial charge in [-0.05, 0) is 56.5 Å². The lowest BCUT2D eigenvalue weighted by Gasteiger charge is -2.25. The molecule has 33 heavy (non-hydrogen) atoms. The van der Waals surface area contributed by atoms with E-state index in [1.54, 1.807) is 11.6 Å². The number of rotatable bonds is 5. The van der Waals surface area contributed by atoms with E-state index >= 15 is 0 Å². The Bertz CT molecular complexity index is 1380. The molecule has 4 rings (SSSR count). The number of nitrogens with one attached hydrogen (secondary N) is 1. The monoisotopic (exact) mass is 473 g/mol. The van der Waals surface area contributed by atoms with Crippen LogP contribution in [0.1, 0.15) is 48.7 Å². The maximum absolute atomic E-state index is 13.8. The van der Waals surface area contributed by atoms with Gasteiger partial charge in [-0.25, -0.2) is 17.8 Å². The zero-order valence-corrected chi connectivity index (χ0v) is 20.0. The quantitative estimate of drug-likeness (QED) is 0.605. The van der Waals surface area contributed by atoms with Crippen molar-refractivity contribution in [2.75, 3.05) is 24.8 Å². The number of halogens is 1. The molecule has 3 aromatic rings. The summed E-state index contributed by atoms with van der Waals surface area (Å²) in [7, 11) is -1.92. The SMILES string of the molecule is Cc1cc([C@@H](C)Nc2ccc(F)cc2S(C)(=O)=O)c2nc(C3CCCOC3)n(C)c(=O)c2c1. The van der Waals surface area contributed by atoms with Gasteiger partial charge in [-0.2, -0.15) is 0 Å². The summed E-state index contributed by atoms with van der Waals surface area (Å²) in [6.45, 7) is 5.00. The molecule has 2 heterocycles. The Balaban J connectivity index is 1.84. The van der Waals surface area contributed by atoms with Crippen molar-refractivity contribution in [2.24, 2.45) is 7.05 Å². The van der Waals surface area contributed by atoms with Crippen molar-refractivity contribution >= 4 is 26.4 Å². The average molecular weight is 474 g/mol. The second-order valence-electron chi connectivity index (χ2n) is 8.78. The summed E-state index contributed by atoms with van der Waals surface area (Å²) in [4.78, 5) is 18.0. The first-order chi connectivity index (χ1) is 15.6. The normalized spacial score (nSPS) is 17.8. The lowest BCUT2D eigenvalue weighted by molar-refractivity contribution is 0.0770. The van der Waals surface area contributed by atoms with Crippen LogP contribution in [0.3, 0.4) is 0 Å². The number of ether oxygens (including phenoxy) is 1. The molecule has 9 heteroatoms. The van der Waals surface area contributed by atoms with Crippen molar-refractivity contribution in [3.8, 4) is 0 Å². The minimum absolute atomic E-state index is 0.0344. The minimum Gasteiger partial charge on any atom is -0.381 e. The van der Waals surface area contributed by atoms with Crippen molar-refractivity contribution in [3.05, 3.63) is 63.5 Å². The van der Waals surface area contributed by atoms with Gasteiger partial charge in [-0.3, -0.25) is 9.36 Å². The maximum atomic E-state index is 13.8. The molecular formula is C24H28FN3O4S. The van der Waals surface area contributed by atoms with E-state index in [1.165, 1.54) is 12.1 Å². The van der Waals surface area contributed by atoms with Crippen molar-refractivity contribution in [2.45, 2.75) is 43.5 Å². The summed E-state index contributed by atoms with van der Waals surface area (Å²) in [6.07, 6.45) is 2.85. The number of nitrogens with zero attached hydrogens (tertiary/aromatic N) is 2. The fourth-order valence-electron chi connectivity index (χ4n) is 4.44. The van der Waals surface area contributed by atoms with Crippen LogP contribution < -0.4 is 10.9 Å². The van der Waals surface area contributed by atoms with Gasteiger partial charge < -0.3 is 10.1 Å². The van der Waals surface area contributed by atoms with Crippen LogP contribution in [0.5, 0.6) is 0 Å². The van der Waals surface area contributed by atoms with E-state index in [2.05, 4.69) is 5.32 Å². The molecule has 0 aliphatic carbocycles. The third kappa shape index (κ3) is 4.65. The molecule has 0 radical (unpaired) electrons. The molecule has 1 saturated heterocycles. The molecule has 0 spiro atoms. The minimum atomic E-state index is -3.65. The molecular weight excluding hydrogens is 445 g/mol. The lowest BCUT2D eigenvalue weighted by Crippen LogP contribution is -2.28. The van der Waals surface area contributed by atoms with E-state index in [9.17, 15) is 17.6 Å². The first-order valence-corrected chi connectivity index (χ1v) is 12.8. The van der Waals surface area contributed by atoms with Crippen molar-refractivity contribution in [1.29, 1.82) is 0 Å². The number of hydrogen-bond acceptors (Lipinski definition) is 6. The van der Waals surface area contributed by atoms with Gasteiger partial charge in [0.2, 0.25) is 0 Å².